The number of anilines is 2. The number of nitrogens with one attached hydrogen (secondary N) is 2. The Kier molecular flexibility index (Phi) is 10.6. The lowest BCUT2D eigenvalue weighted by molar-refractivity contribution is 0.0975. The van der Waals surface area contributed by atoms with Crippen molar-refractivity contribution in [1.29, 1.82) is 0 Å². The number of ketones is 1. The van der Waals surface area contributed by atoms with Gasteiger partial charge in [0.1, 0.15) is 11.6 Å². The molecule has 0 saturated heterocycles. The van der Waals surface area contributed by atoms with E-state index in [1.54, 1.807) is 66.9 Å². The molecule has 184 valence electrons. The molecule has 3 rings (SSSR count). The van der Waals surface area contributed by atoms with E-state index in [0.717, 1.165) is 19.3 Å². The zero-order chi connectivity index (χ0) is 24.3. The van der Waals surface area contributed by atoms with Crippen LogP contribution in [-0.2, 0) is 0 Å². The van der Waals surface area contributed by atoms with Crippen LogP contribution in [0, 0.1) is 0 Å². The molecule has 0 aliphatic rings. The van der Waals surface area contributed by atoms with Crippen molar-refractivity contribution in [2.24, 2.45) is 5.73 Å². The lowest BCUT2D eigenvalue weighted by Gasteiger charge is -2.13. The molecule has 0 atom stereocenters. The topological polar surface area (TPSA) is 123 Å². The maximum absolute atomic E-state index is 12.9. The largest absolute Gasteiger partial charge is 0.497 e. The number of nitrogens with zero attached hydrogens (tertiary/aromatic N) is 1. The molecule has 35 heavy (non-hydrogen) atoms. The van der Waals surface area contributed by atoms with Crippen LogP contribution in [0.1, 0.15) is 64.2 Å². The summed E-state index contributed by atoms with van der Waals surface area (Å²) in [4.78, 5) is 42.1. The Morgan fingerprint density at radius 2 is 1.63 bits per heavy atom. The number of nitrogens with two attached hydrogens (primary N) is 1. The van der Waals surface area contributed by atoms with Crippen molar-refractivity contribution < 1.29 is 19.1 Å². The number of methoxy groups -OCH3 is 1. The van der Waals surface area contributed by atoms with Crippen LogP contribution in [-0.4, -0.2) is 36.2 Å². The fourth-order valence-electron chi connectivity index (χ4n) is 3.32. The monoisotopic (exact) mass is 476 g/mol. The number of benzene rings is 2. The number of unbranched alkanes of at least 4 members (excludes halogenated alkanes) is 2. The second kappa shape index (κ2) is 13.6. The van der Waals surface area contributed by atoms with E-state index in [1.807, 2.05) is 0 Å². The van der Waals surface area contributed by atoms with Gasteiger partial charge >= 0.3 is 0 Å². The minimum atomic E-state index is -0.441. The summed E-state index contributed by atoms with van der Waals surface area (Å²) in [5.41, 5.74) is 6.95. The molecule has 8 heteroatoms. The third-order valence-electron chi connectivity index (χ3n) is 5.20. The van der Waals surface area contributed by atoms with Crippen LogP contribution >= 0.6 is 0 Å². The molecule has 0 unspecified atom stereocenters. The molecule has 0 bridgehead atoms. The summed E-state index contributed by atoms with van der Waals surface area (Å²) in [6, 6.07) is 16.4. The smallest absolute Gasteiger partial charge is 0.259 e. The van der Waals surface area contributed by atoms with E-state index >= 15 is 0 Å². The molecule has 1 heterocycles. The average molecular weight is 477 g/mol. The first-order valence-corrected chi connectivity index (χ1v) is 11.1. The van der Waals surface area contributed by atoms with Crippen molar-refractivity contribution in [3.63, 3.8) is 0 Å². The first-order chi connectivity index (χ1) is 16.5. The Labute approximate surface area is 205 Å². The molecular formula is C27H32N4O4. The number of amides is 2. The maximum Gasteiger partial charge on any atom is 0.259 e. The lowest BCUT2D eigenvalue weighted by Crippen LogP contribution is -2.19. The summed E-state index contributed by atoms with van der Waals surface area (Å²) in [6.07, 6.45) is 4.63. The molecule has 3 aromatic rings. The fourth-order valence-corrected chi connectivity index (χ4v) is 3.32. The Bertz CT molecular complexity index is 1130. The molecule has 2 aromatic carbocycles. The van der Waals surface area contributed by atoms with E-state index in [0.29, 0.717) is 41.3 Å². The van der Waals surface area contributed by atoms with E-state index in [-0.39, 0.29) is 18.8 Å². The highest BCUT2D eigenvalue weighted by atomic mass is 16.5. The summed E-state index contributed by atoms with van der Waals surface area (Å²) >= 11 is 0. The third-order valence-corrected chi connectivity index (χ3v) is 5.20. The second-order valence-corrected chi connectivity index (χ2v) is 7.63. The van der Waals surface area contributed by atoms with Gasteiger partial charge in [0, 0.05) is 23.7 Å². The zero-order valence-electron chi connectivity index (χ0n) is 19.0. The number of aromatic nitrogens is 1. The number of ether oxygens (including phenoxy) is 1. The summed E-state index contributed by atoms with van der Waals surface area (Å²) in [5.74, 6) is 0.0458. The molecule has 0 aliphatic heterocycles. The number of rotatable bonds is 11. The van der Waals surface area contributed by atoms with Crippen LogP contribution in [0.3, 0.4) is 0 Å². The Balaban J connectivity index is 0.00000432. The minimum absolute atomic E-state index is 0. The fraction of sp³-hybridized carbons (Fsp3) is 0.259. The van der Waals surface area contributed by atoms with Gasteiger partial charge in [-0.1, -0.05) is 32.0 Å². The van der Waals surface area contributed by atoms with Gasteiger partial charge in [-0.15, -0.1) is 0 Å². The van der Waals surface area contributed by atoms with E-state index in [4.69, 9.17) is 10.5 Å². The van der Waals surface area contributed by atoms with Gasteiger partial charge in [-0.3, -0.25) is 14.4 Å². The van der Waals surface area contributed by atoms with Crippen molar-refractivity contribution in [3.8, 4) is 5.75 Å². The molecule has 4 N–H and O–H groups in total. The predicted octanol–water partition coefficient (Wildman–Crippen LogP) is 4.93. The van der Waals surface area contributed by atoms with Crippen LogP contribution in [0.4, 0.5) is 11.5 Å². The van der Waals surface area contributed by atoms with Crippen LogP contribution in [0.5, 0.6) is 5.75 Å². The molecule has 1 aromatic heterocycles. The maximum atomic E-state index is 12.9. The SMILES string of the molecule is C.COc1ccc(NC(=O)c2ccc(C(=O)CCCCCN)cc2)c(C(=O)Nc2ccccn2)c1. The molecule has 0 aliphatic carbocycles. The van der Waals surface area contributed by atoms with Crippen LogP contribution in [0.25, 0.3) is 0 Å². The van der Waals surface area contributed by atoms with Crippen LogP contribution < -0.4 is 21.1 Å². The number of carbonyl (C=O) groups is 3. The van der Waals surface area contributed by atoms with Gasteiger partial charge in [-0.2, -0.15) is 0 Å². The summed E-state index contributed by atoms with van der Waals surface area (Å²) in [5, 5.41) is 5.48. The quantitative estimate of drug-likeness (QED) is 0.266. The summed E-state index contributed by atoms with van der Waals surface area (Å²) in [7, 11) is 1.50. The van der Waals surface area contributed by atoms with Gasteiger partial charge < -0.3 is 21.1 Å². The number of Topliss-reactive ketones (excluding diaryl/α,β-unsaturated/α-hetero) is 1. The van der Waals surface area contributed by atoms with Gasteiger partial charge in [0.05, 0.1) is 18.4 Å². The Morgan fingerprint density at radius 3 is 2.29 bits per heavy atom. The molecular weight excluding hydrogens is 444 g/mol. The van der Waals surface area contributed by atoms with Crippen molar-refractivity contribution in [1.82, 2.24) is 4.98 Å². The van der Waals surface area contributed by atoms with Crippen LogP contribution in [0.2, 0.25) is 0 Å². The Morgan fingerprint density at radius 1 is 0.886 bits per heavy atom. The van der Waals surface area contributed by atoms with Crippen molar-refractivity contribution in [3.05, 3.63) is 83.6 Å². The predicted molar refractivity (Wildman–Crippen MR) is 138 cm³/mol. The van der Waals surface area contributed by atoms with Crippen LogP contribution in [0.15, 0.2) is 66.9 Å². The lowest BCUT2D eigenvalue weighted by atomic mass is 10.0. The van der Waals surface area contributed by atoms with Gasteiger partial charge in [0.15, 0.2) is 5.78 Å². The van der Waals surface area contributed by atoms with Gasteiger partial charge in [-0.25, -0.2) is 4.98 Å². The number of hydrogen-bond acceptors (Lipinski definition) is 6. The Hall–Kier alpha value is -4.04. The molecule has 0 spiro atoms. The average Bonchev–Trinajstić information content (AvgIpc) is 2.87. The highest BCUT2D eigenvalue weighted by Gasteiger charge is 2.17. The first-order valence-electron chi connectivity index (χ1n) is 11.1. The molecule has 2 amide bonds. The standard InChI is InChI=1S/C26H28N4O4.CH4/c1-34-20-13-14-22(21(17-20)26(33)30-24-8-4-6-16-28-24)29-25(32)19-11-9-18(10-12-19)23(31)7-3-2-5-15-27;/h4,6,8-14,16-17H,2-3,5,7,15,27H2,1H3,(H,29,32)(H,28,30,33);1H4. The number of hydrogen-bond donors (Lipinski definition) is 3. The number of carbonyl (C=O) groups excluding carboxylic acids is 3. The highest BCUT2D eigenvalue weighted by molar-refractivity contribution is 6.12. The summed E-state index contributed by atoms with van der Waals surface area (Å²) in [6.45, 7) is 0.624. The third kappa shape index (κ3) is 7.75. The summed E-state index contributed by atoms with van der Waals surface area (Å²) < 4.78 is 5.23. The van der Waals surface area contributed by atoms with Gasteiger partial charge in [-0.05, 0) is 61.9 Å². The molecule has 8 nitrogen and oxygen atoms in total. The van der Waals surface area contributed by atoms with E-state index < -0.39 is 11.8 Å². The minimum Gasteiger partial charge on any atom is -0.497 e. The second-order valence-electron chi connectivity index (χ2n) is 7.63. The van der Waals surface area contributed by atoms with Crippen molar-refractivity contribution in [2.75, 3.05) is 24.3 Å². The van der Waals surface area contributed by atoms with E-state index in [9.17, 15) is 14.4 Å². The molecule has 0 saturated carbocycles. The molecule has 0 fully saturated rings. The van der Waals surface area contributed by atoms with Gasteiger partial charge in [0.2, 0.25) is 0 Å². The highest BCUT2D eigenvalue weighted by Crippen LogP contribution is 2.24. The van der Waals surface area contributed by atoms with E-state index in [2.05, 4.69) is 15.6 Å². The first kappa shape index (κ1) is 27.2. The molecule has 0 radical (unpaired) electrons. The number of pyridine rings is 1. The van der Waals surface area contributed by atoms with Gasteiger partial charge in [0.25, 0.3) is 11.8 Å². The normalized spacial score (nSPS) is 10.1. The van der Waals surface area contributed by atoms with Crippen molar-refractivity contribution >= 4 is 29.1 Å². The van der Waals surface area contributed by atoms with Crippen molar-refractivity contribution in [2.45, 2.75) is 33.1 Å². The van der Waals surface area contributed by atoms with E-state index in [1.165, 1.54) is 7.11 Å². The zero-order valence-corrected chi connectivity index (χ0v) is 19.0.